The number of anilines is 1. The van der Waals surface area contributed by atoms with E-state index < -0.39 is 5.97 Å². The summed E-state index contributed by atoms with van der Waals surface area (Å²) < 4.78 is 5.78. The molecule has 2 aromatic carbocycles. The van der Waals surface area contributed by atoms with Gasteiger partial charge in [-0.05, 0) is 48.9 Å². The van der Waals surface area contributed by atoms with Crippen molar-refractivity contribution >= 4 is 44.4 Å². The number of aromatic nitrogens is 1. The lowest BCUT2D eigenvalue weighted by Crippen LogP contribution is -2.32. The maximum Gasteiger partial charge on any atom is 0.356 e. The second-order valence-corrected chi connectivity index (χ2v) is 8.46. The second kappa shape index (κ2) is 8.88. The standard InChI is InChI=1S/C24H23BrN2O3/c1-30-24(29)22-21(19-14-17(25)11-12-20(19)26-22)27-23(28)18-10-6-5-9-16(18)13-15-7-3-2-4-8-15/h2-8,11-12,14,16,18,26H,9-10,13H2,1H3,(H,27,28). The number of carbonyl (C=O) groups is 2. The maximum atomic E-state index is 13.3. The van der Waals surface area contributed by atoms with Crippen LogP contribution in [0.15, 0.2) is 65.2 Å². The molecule has 1 aromatic heterocycles. The smallest absolute Gasteiger partial charge is 0.356 e. The Balaban J connectivity index is 1.63. The van der Waals surface area contributed by atoms with Crippen LogP contribution >= 0.6 is 15.9 Å². The number of hydrogen-bond acceptors (Lipinski definition) is 3. The Bertz CT molecular complexity index is 1100. The van der Waals surface area contributed by atoms with Gasteiger partial charge in [0.25, 0.3) is 0 Å². The first-order valence-electron chi connectivity index (χ1n) is 9.96. The van der Waals surface area contributed by atoms with Gasteiger partial charge in [-0.25, -0.2) is 4.79 Å². The lowest BCUT2D eigenvalue weighted by Gasteiger charge is -2.27. The molecule has 0 aliphatic heterocycles. The number of allylic oxidation sites excluding steroid dienone is 2. The molecule has 1 aliphatic carbocycles. The van der Waals surface area contributed by atoms with Crippen molar-refractivity contribution in [3.8, 4) is 0 Å². The largest absolute Gasteiger partial charge is 0.464 e. The highest BCUT2D eigenvalue weighted by Gasteiger charge is 2.31. The summed E-state index contributed by atoms with van der Waals surface area (Å²) in [6.45, 7) is 0. The van der Waals surface area contributed by atoms with Crippen LogP contribution in [-0.2, 0) is 16.0 Å². The van der Waals surface area contributed by atoms with Crippen LogP contribution in [0.1, 0.15) is 28.9 Å². The molecule has 1 aliphatic rings. The Labute approximate surface area is 183 Å². The monoisotopic (exact) mass is 466 g/mol. The van der Waals surface area contributed by atoms with Crippen molar-refractivity contribution in [3.05, 3.63) is 76.4 Å². The number of fused-ring (bicyclic) bond motifs is 1. The van der Waals surface area contributed by atoms with Crippen molar-refractivity contribution in [1.29, 1.82) is 0 Å². The number of ether oxygens (including phenoxy) is 1. The second-order valence-electron chi connectivity index (χ2n) is 7.54. The summed E-state index contributed by atoms with van der Waals surface area (Å²) in [5, 5.41) is 3.80. The quantitative estimate of drug-likeness (QED) is 0.386. The van der Waals surface area contributed by atoms with Gasteiger partial charge in [-0.3, -0.25) is 4.79 Å². The van der Waals surface area contributed by atoms with Gasteiger partial charge in [0.1, 0.15) is 5.69 Å². The molecule has 0 fully saturated rings. The fourth-order valence-electron chi connectivity index (χ4n) is 4.10. The van der Waals surface area contributed by atoms with Crippen LogP contribution in [0.4, 0.5) is 5.69 Å². The van der Waals surface area contributed by atoms with Gasteiger partial charge in [0, 0.05) is 21.3 Å². The lowest BCUT2D eigenvalue weighted by molar-refractivity contribution is -0.121. The third-order valence-corrected chi connectivity index (χ3v) is 6.13. The molecule has 2 N–H and O–H groups in total. The Morgan fingerprint density at radius 1 is 1.13 bits per heavy atom. The van der Waals surface area contributed by atoms with Crippen molar-refractivity contribution in [2.24, 2.45) is 11.8 Å². The fraction of sp³-hybridized carbons (Fsp3) is 0.250. The molecule has 1 heterocycles. The summed E-state index contributed by atoms with van der Waals surface area (Å²) in [6, 6.07) is 15.9. The van der Waals surface area contributed by atoms with E-state index in [1.807, 2.05) is 36.4 Å². The highest BCUT2D eigenvalue weighted by atomic mass is 79.9. The van der Waals surface area contributed by atoms with Crippen LogP contribution in [0, 0.1) is 11.8 Å². The molecule has 2 atom stereocenters. The number of carbonyl (C=O) groups excluding carboxylic acids is 2. The zero-order valence-corrected chi connectivity index (χ0v) is 18.2. The number of nitrogens with one attached hydrogen (secondary N) is 2. The van der Waals surface area contributed by atoms with E-state index in [0.29, 0.717) is 12.1 Å². The number of H-pyrrole nitrogens is 1. The predicted octanol–water partition coefficient (Wildman–Crippen LogP) is 5.48. The third kappa shape index (κ3) is 4.19. The molecule has 0 saturated heterocycles. The topological polar surface area (TPSA) is 71.2 Å². The van der Waals surface area contributed by atoms with Crippen molar-refractivity contribution in [2.75, 3.05) is 12.4 Å². The molecule has 30 heavy (non-hydrogen) atoms. The average molecular weight is 467 g/mol. The van der Waals surface area contributed by atoms with E-state index in [1.54, 1.807) is 0 Å². The molecule has 0 radical (unpaired) electrons. The zero-order chi connectivity index (χ0) is 21.1. The summed E-state index contributed by atoms with van der Waals surface area (Å²) in [5.74, 6) is -0.554. The molecule has 154 valence electrons. The van der Waals surface area contributed by atoms with Crippen LogP contribution in [0.5, 0.6) is 0 Å². The van der Waals surface area contributed by atoms with Gasteiger partial charge in [-0.2, -0.15) is 0 Å². The molecule has 6 heteroatoms. The van der Waals surface area contributed by atoms with E-state index >= 15 is 0 Å². The molecule has 0 spiro atoms. The number of esters is 1. The number of aromatic amines is 1. The summed E-state index contributed by atoms with van der Waals surface area (Å²) in [6.07, 6.45) is 6.60. The lowest BCUT2D eigenvalue weighted by atomic mass is 9.78. The SMILES string of the molecule is COC(=O)c1[nH]c2ccc(Br)cc2c1NC(=O)C1CC=CCC1Cc1ccccc1. The summed E-state index contributed by atoms with van der Waals surface area (Å²) in [5.41, 5.74) is 2.71. The van der Waals surface area contributed by atoms with Gasteiger partial charge >= 0.3 is 5.97 Å². The van der Waals surface area contributed by atoms with Crippen LogP contribution < -0.4 is 5.32 Å². The summed E-state index contributed by atoms with van der Waals surface area (Å²) >= 11 is 3.47. The molecule has 1 amide bonds. The molecule has 0 saturated carbocycles. The Hall–Kier alpha value is -2.86. The van der Waals surface area contributed by atoms with Gasteiger partial charge in [0.2, 0.25) is 5.91 Å². The Kier molecular flexibility index (Phi) is 6.04. The van der Waals surface area contributed by atoms with Gasteiger partial charge in [0.05, 0.1) is 12.8 Å². The van der Waals surface area contributed by atoms with Crippen LogP contribution in [0.3, 0.4) is 0 Å². The van der Waals surface area contributed by atoms with Crippen LogP contribution in [-0.4, -0.2) is 24.0 Å². The minimum atomic E-state index is -0.512. The molecular formula is C24H23BrN2O3. The minimum absolute atomic E-state index is 0.0775. The van der Waals surface area contributed by atoms with Crippen molar-refractivity contribution in [1.82, 2.24) is 4.98 Å². The zero-order valence-electron chi connectivity index (χ0n) is 16.7. The highest BCUT2D eigenvalue weighted by molar-refractivity contribution is 9.10. The van der Waals surface area contributed by atoms with E-state index in [9.17, 15) is 9.59 Å². The van der Waals surface area contributed by atoms with Gasteiger partial charge < -0.3 is 15.0 Å². The van der Waals surface area contributed by atoms with Crippen molar-refractivity contribution < 1.29 is 14.3 Å². The Morgan fingerprint density at radius 2 is 1.90 bits per heavy atom. The predicted molar refractivity (Wildman–Crippen MR) is 121 cm³/mol. The number of amides is 1. The molecular weight excluding hydrogens is 444 g/mol. The first-order valence-corrected chi connectivity index (χ1v) is 10.8. The number of hydrogen-bond donors (Lipinski definition) is 2. The molecule has 5 nitrogen and oxygen atoms in total. The third-order valence-electron chi connectivity index (χ3n) is 5.64. The van der Waals surface area contributed by atoms with Gasteiger partial charge in [-0.15, -0.1) is 0 Å². The first kappa shape index (κ1) is 20.4. The van der Waals surface area contributed by atoms with E-state index in [-0.39, 0.29) is 23.4 Å². The van der Waals surface area contributed by atoms with E-state index in [2.05, 4.69) is 50.5 Å². The van der Waals surface area contributed by atoms with Gasteiger partial charge in [0.15, 0.2) is 0 Å². The number of benzene rings is 2. The average Bonchev–Trinajstić information content (AvgIpc) is 3.11. The van der Waals surface area contributed by atoms with E-state index in [0.717, 1.165) is 28.2 Å². The maximum absolute atomic E-state index is 13.3. The highest BCUT2D eigenvalue weighted by Crippen LogP contribution is 2.34. The van der Waals surface area contributed by atoms with Crippen molar-refractivity contribution in [3.63, 3.8) is 0 Å². The number of methoxy groups -OCH3 is 1. The minimum Gasteiger partial charge on any atom is -0.464 e. The number of halogens is 1. The van der Waals surface area contributed by atoms with Crippen molar-refractivity contribution in [2.45, 2.75) is 19.3 Å². The first-order chi connectivity index (χ1) is 14.6. The molecule has 2 unspecified atom stereocenters. The fourth-order valence-corrected chi connectivity index (χ4v) is 4.46. The summed E-state index contributed by atoms with van der Waals surface area (Å²) in [4.78, 5) is 28.7. The Morgan fingerprint density at radius 3 is 2.67 bits per heavy atom. The van der Waals surface area contributed by atoms with Gasteiger partial charge in [-0.1, -0.05) is 58.4 Å². The summed E-state index contributed by atoms with van der Waals surface area (Å²) in [7, 11) is 1.33. The van der Waals surface area contributed by atoms with Crippen LogP contribution in [0.25, 0.3) is 10.9 Å². The van der Waals surface area contributed by atoms with E-state index in [4.69, 9.17) is 4.74 Å². The van der Waals surface area contributed by atoms with Crippen LogP contribution in [0.2, 0.25) is 0 Å². The molecule has 3 aromatic rings. The molecule has 4 rings (SSSR count). The number of rotatable bonds is 5. The van der Waals surface area contributed by atoms with E-state index in [1.165, 1.54) is 12.7 Å². The normalized spacial score (nSPS) is 18.3. The molecule has 0 bridgehead atoms.